The summed E-state index contributed by atoms with van der Waals surface area (Å²) in [5.74, 6) is -0.451. The molecule has 10 heteroatoms. The normalized spacial score (nSPS) is 16.5. The van der Waals surface area contributed by atoms with Gasteiger partial charge in [-0.05, 0) is 0 Å². The van der Waals surface area contributed by atoms with Crippen molar-refractivity contribution in [2.75, 3.05) is 20.0 Å². The summed E-state index contributed by atoms with van der Waals surface area (Å²) in [6, 6.07) is 0. The molecule has 0 aromatic carbocycles. The first kappa shape index (κ1) is 10.9. The monoisotopic (exact) mass is 219 g/mol. The second-order valence-corrected chi connectivity index (χ2v) is 2.97. The van der Waals surface area contributed by atoms with Gasteiger partial charge in [-0.15, -0.1) is 0 Å². The second kappa shape index (κ2) is 3.94. The zero-order valence-electron chi connectivity index (χ0n) is 7.90. The molecule has 84 valence electrons. The maximum absolute atomic E-state index is 11.0. The molecule has 0 bridgehead atoms. The van der Waals surface area contributed by atoms with Crippen molar-refractivity contribution in [2.24, 2.45) is 0 Å². The Morgan fingerprint density at radius 2 is 1.47 bits per heavy atom. The van der Waals surface area contributed by atoms with Crippen molar-refractivity contribution in [3.63, 3.8) is 0 Å². The second-order valence-electron chi connectivity index (χ2n) is 2.97. The standard InChI is InChI=1S/C5H9N5O5/c1-5(11)6-2-7(9(12)13)4-8(3-6)10(14)15/h2-4H2,1H3. The molecule has 10 nitrogen and oxygen atoms in total. The highest BCUT2D eigenvalue weighted by Crippen LogP contribution is 2.07. The van der Waals surface area contributed by atoms with Gasteiger partial charge in [-0.25, -0.2) is 20.2 Å². The summed E-state index contributed by atoms with van der Waals surface area (Å²) < 4.78 is 0. The zero-order chi connectivity index (χ0) is 11.6. The minimum atomic E-state index is -0.772. The van der Waals surface area contributed by atoms with Gasteiger partial charge in [0.05, 0.1) is 0 Å². The van der Waals surface area contributed by atoms with Gasteiger partial charge in [0.15, 0.2) is 23.4 Å². The molecule has 1 heterocycles. The van der Waals surface area contributed by atoms with E-state index in [1.807, 2.05) is 0 Å². The quantitative estimate of drug-likeness (QED) is 0.419. The maximum atomic E-state index is 11.0. The Hall–Kier alpha value is -2.13. The molecule has 0 radical (unpaired) electrons. The van der Waals surface area contributed by atoms with E-state index in [0.717, 1.165) is 4.90 Å². The van der Waals surface area contributed by atoms with E-state index in [9.17, 15) is 25.0 Å². The average molecular weight is 219 g/mol. The minimum Gasteiger partial charge on any atom is -0.296 e. The van der Waals surface area contributed by atoms with Crippen molar-refractivity contribution >= 4 is 5.91 Å². The molecule has 0 aliphatic carbocycles. The van der Waals surface area contributed by atoms with Crippen LogP contribution in [0.2, 0.25) is 0 Å². The molecule has 0 aromatic rings. The van der Waals surface area contributed by atoms with E-state index in [4.69, 9.17) is 0 Å². The van der Waals surface area contributed by atoms with Gasteiger partial charge in [-0.1, -0.05) is 10.0 Å². The lowest BCUT2D eigenvalue weighted by molar-refractivity contribution is -0.726. The van der Waals surface area contributed by atoms with Crippen LogP contribution in [0.1, 0.15) is 6.92 Å². The molecular weight excluding hydrogens is 210 g/mol. The summed E-state index contributed by atoms with van der Waals surface area (Å²) in [7, 11) is 0. The molecule has 0 atom stereocenters. The third-order valence-corrected chi connectivity index (χ3v) is 1.90. The molecule has 1 aliphatic heterocycles. The van der Waals surface area contributed by atoms with E-state index < -0.39 is 22.6 Å². The van der Waals surface area contributed by atoms with Gasteiger partial charge in [-0.2, -0.15) is 0 Å². The van der Waals surface area contributed by atoms with E-state index in [0.29, 0.717) is 10.0 Å². The molecule has 1 saturated heterocycles. The van der Waals surface area contributed by atoms with Crippen molar-refractivity contribution in [1.82, 2.24) is 14.9 Å². The summed E-state index contributed by atoms with van der Waals surface area (Å²) in [6.45, 7) is 0.269. The maximum Gasteiger partial charge on any atom is 0.222 e. The highest BCUT2D eigenvalue weighted by Gasteiger charge is 2.35. The van der Waals surface area contributed by atoms with Crippen molar-refractivity contribution < 1.29 is 14.9 Å². The molecular formula is C5H9N5O5. The van der Waals surface area contributed by atoms with Crippen LogP contribution < -0.4 is 0 Å². The molecule has 0 spiro atoms. The number of nitrogens with zero attached hydrogens (tertiary/aromatic N) is 5. The number of carbonyl (C=O) groups excluding carboxylic acids is 1. The van der Waals surface area contributed by atoms with E-state index >= 15 is 0 Å². The number of nitro groups is 2. The lowest BCUT2D eigenvalue weighted by atomic mass is 10.5. The highest BCUT2D eigenvalue weighted by molar-refractivity contribution is 5.73. The Balaban J connectivity index is 2.77. The number of hydrogen-bond donors (Lipinski definition) is 0. The summed E-state index contributed by atoms with van der Waals surface area (Å²) in [4.78, 5) is 32.8. The van der Waals surface area contributed by atoms with E-state index in [-0.39, 0.29) is 13.3 Å². The molecule has 1 rings (SSSR count). The first-order valence-electron chi connectivity index (χ1n) is 3.96. The van der Waals surface area contributed by atoms with Crippen LogP contribution in [0.3, 0.4) is 0 Å². The van der Waals surface area contributed by atoms with E-state index in [2.05, 4.69) is 0 Å². The highest BCUT2D eigenvalue weighted by atomic mass is 16.7. The molecule has 0 N–H and O–H groups in total. The Morgan fingerprint density at radius 3 is 1.73 bits per heavy atom. The fourth-order valence-corrected chi connectivity index (χ4v) is 1.12. The van der Waals surface area contributed by atoms with Crippen LogP contribution in [0.4, 0.5) is 0 Å². The van der Waals surface area contributed by atoms with Crippen molar-refractivity contribution in [3.05, 3.63) is 20.2 Å². The van der Waals surface area contributed by atoms with Crippen molar-refractivity contribution in [3.8, 4) is 0 Å². The van der Waals surface area contributed by atoms with Gasteiger partial charge >= 0.3 is 0 Å². The summed E-state index contributed by atoms with van der Waals surface area (Å²) >= 11 is 0. The van der Waals surface area contributed by atoms with Gasteiger partial charge in [0.25, 0.3) is 0 Å². The first-order valence-corrected chi connectivity index (χ1v) is 3.96. The third kappa shape index (κ3) is 2.42. The largest absolute Gasteiger partial charge is 0.296 e. The van der Waals surface area contributed by atoms with Gasteiger partial charge in [0.2, 0.25) is 12.6 Å². The van der Waals surface area contributed by atoms with Crippen LogP contribution in [-0.2, 0) is 4.79 Å². The molecule has 0 unspecified atom stereocenters. The fourth-order valence-electron chi connectivity index (χ4n) is 1.12. The first-order chi connectivity index (χ1) is 6.91. The number of amides is 1. The van der Waals surface area contributed by atoms with Gasteiger partial charge in [0.1, 0.15) is 0 Å². The SMILES string of the molecule is CC(=O)N1CN([N+](=O)[O-])CN([N+](=O)[O-])C1. The van der Waals surface area contributed by atoms with Gasteiger partial charge in [-0.3, -0.25) is 9.69 Å². The predicted molar refractivity (Wildman–Crippen MR) is 44.8 cm³/mol. The molecule has 15 heavy (non-hydrogen) atoms. The molecule has 1 fully saturated rings. The Morgan fingerprint density at radius 1 is 1.07 bits per heavy atom. The smallest absolute Gasteiger partial charge is 0.222 e. The lowest BCUT2D eigenvalue weighted by Crippen LogP contribution is -2.59. The number of carbonyl (C=O) groups is 1. The van der Waals surface area contributed by atoms with E-state index in [1.165, 1.54) is 6.92 Å². The van der Waals surface area contributed by atoms with E-state index in [1.54, 1.807) is 0 Å². The van der Waals surface area contributed by atoms with Crippen molar-refractivity contribution in [1.29, 1.82) is 0 Å². The Labute approximate surface area is 83.9 Å². The van der Waals surface area contributed by atoms with Crippen molar-refractivity contribution in [2.45, 2.75) is 6.92 Å². The van der Waals surface area contributed by atoms with Crippen LogP contribution in [0.25, 0.3) is 0 Å². The third-order valence-electron chi connectivity index (χ3n) is 1.90. The predicted octanol–water partition coefficient (Wildman–Crippen LogP) is -1.29. The summed E-state index contributed by atoms with van der Waals surface area (Å²) in [5, 5.41) is 20.5. The van der Waals surface area contributed by atoms with Crippen LogP contribution in [0.5, 0.6) is 0 Å². The van der Waals surface area contributed by atoms with Crippen LogP contribution in [-0.4, -0.2) is 50.9 Å². The van der Waals surface area contributed by atoms with Gasteiger partial charge < -0.3 is 0 Å². The van der Waals surface area contributed by atoms with Crippen LogP contribution >= 0.6 is 0 Å². The average Bonchev–Trinajstić information content (AvgIpc) is 2.16. The lowest BCUT2D eigenvalue weighted by Gasteiger charge is -2.32. The number of hydrazine groups is 2. The van der Waals surface area contributed by atoms with Crippen LogP contribution in [0, 0.1) is 20.2 Å². The molecule has 0 saturated carbocycles. The molecule has 0 aromatic heterocycles. The molecule has 1 amide bonds. The fraction of sp³-hybridized carbons (Fsp3) is 0.800. The van der Waals surface area contributed by atoms with Gasteiger partial charge in [0, 0.05) is 6.92 Å². The topological polar surface area (TPSA) is 113 Å². The zero-order valence-corrected chi connectivity index (χ0v) is 7.90. The van der Waals surface area contributed by atoms with Crippen LogP contribution in [0.15, 0.2) is 0 Å². The number of rotatable bonds is 2. The Bertz CT molecular complexity index is 253. The summed E-state index contributed by atoms with van der Waals surface area (Å²) in [5.41, 5.74) is 0. The minimum absolute atomic E-state index is 0.243. The Kier molecular flexibility index (Phi) is 2.87. The molecule has 1 aliphatic rings. The summed E-state index contributed by atoms with van der Waals surface area (Å²) in [6.07, 6.45) is 0. The number of hydrogen-bond acceptors (Lipinski definition) is 5.